The molecule has 0 aromatic heterocycles. The van der Waals surface area contributed by atoms with Crippen molar-refractivity contribution in [2.75, 3.05) is 18.4 Å². The van der Waals surface area contributed by atoms with Gasteiger partial charge >= 0.3 is 0 Å². The van der Waals surface area contributed by atoms with Crippen molar-refractivity contribution in [2.45, 2.75) is 26.2 Å². The SMILES string of the molecule is CC(=O)Nc1ccc(CCNC(=O)CCCN)cc1.Cl. The van der Waals surface area contributed by atoms with Gasteiger partial charge in [-0.25, -0.2) is 0 Å². The van der Waals surface area contributed by atoms with Gasteiger partial charge in [-0.05, 0) is 37.1 Å². The van der Waals surface area contributed by atoms with Crippen molar-refractivity contribution in [3.63, 3.8) is 0 Å². The van der Waals surface area contributed by atoms with E-state index in [1.165, 1.54) is 6.92 Å². The lowest BCUT2D eigenvalue weighted by Gasteiger charge is -2.06. The molecule has 0 aliphatic carbocycles. The normalized spacial score (nSPS) is 9.50. The quantitative estimate of drug-likeness (QED) is 0.713. The average Bonchev–Trinajstić information content (AvgIpc) is 2.38. The minimum Gasteiger partial charge on any atom is -0.356 e. The third-order valence-electron chi connectivity index (χ3n) is 2.62. The minimum absolute atomic E-state index is 0. The Morgan fingerprint density at radius 1 is 1.20 bits per heavy atom. The van der Waals surface area contributed by atoms with Crippen molar-refractivity contribution in [3.8, 4) is 0 Å². The van der Waals surface area contributed by atoms with Crippen LogP contribution in [0.4, 0.5) is 5.69 Å². The van der Waals surface area contributed by atoms with E-state index in [1.54, 1.807) is 0 Å². The van der Waals surface area contributed by atoms with Gasteiger partial charge in [-0.15, -0.1) is 12.4 Å². The Morgan fingerprint density at radius 3 is 2.40 bits per heavy atom. The van der Waals surface area contributed by atoms with Gasteiger partial charge in [0, 0.05) is 25.6 Å². The molecule has 112 valence electrons. The number of hydrogen-bond donors (Lipinski definition) is 3. The van der Waals surface area contributed by atoms with Crippen LogP contribution in [0.15, 0.2) is 24.3 Å². The number of rotatable bonds is 7. The van der Waals surface area contributed by atoms with Gasteiger partial charge in [0.1, 0.15) is 0 Å². The molecule has 4 N–H and O–H groups in total. The number of nitrogens with one attached hydrogen (secondary N) is 2. The highest BCUT2D eigenvalue weighted by Gasteiger charge is 2.00. The second-order valence-corrected chi connectivity index (χ2v) is 4.37. The van der Waals surface area contributed by atoms with E-state index in [2.05, 4.69) is 10.6 Å². The topological polar surface area (TPSA) is 84.2 Å². The lowest BCUT2D eigenvalue weighted by Crippen LogP contribution is -2.25. The largest absolute Gasteiger partial charge is 0.356 e. The van der Waals surface area contributed by atoms with Crippen molar-refractivity contribution in [1.29, 1.82) is 0 Å². The van der Waals surface area contributed by atoms with Crippen LogP contribution in [0.25, 0.3) is 0 Å². The molecule has 0 unspecified atom stereocenters. The average molecular weight is 300 g/mol. The Morgan fingerprint density at radius 2 is 1.85 bits per heavy atom. The van der Waals surface area contributed by atoms with Gasteiger partial charge in [0.25, 0.3) is 0 Å². The van der Waals surface area contributed by atoms with Crippen LogP contribution in [0.3, 0.4) is 0 Å². The summed E-state index contributed by atoms with van der Waals surface area (Å²) in [4.78, 5) is 22.2. The molecule has 2 amide bonds. The highest BCUT2D eigenvalue weighted by Crippen LogP contribution is 2.09. The van der Waals surface area contributed by atoms with Crippen LogP contribution in [0.5, 0.6) is 0 Å². The third kappa shape index (κ3) is 7.76. The Balaban J connectivity index is 0.00000361. The van der Waals surface area contributed by atoms with E-state index in [1.807, 2.05) is 24.3 Å². The number of halogens is 1. The van der Waals surface area contributed by atoms with Crippen LogP contribution in [0.1, 0.15) is 25.3 Å². The molecule has 0 atom stereocenters. The molecule has 1 aromatic carbocycles. The van der Waals surface area contributed by atoms with Gasteiger partial charge in [-0.2, -0.15) is 0 Å². The second kappa shape index (κ2) is 10.2. The van der Waals surface area contributed by atoms with Crippen molar-refractivity contribution < 1.29 is 9.59 Å². The van der Waals surface area contributed by atoms with E-state index in [9.17, 15) is 9.59 Å². The fourth-order valence-electron chi connectivity index (χ4n) is 1.66. The van der Waals surface area contributed by atoms with Gasteiger partial charge in [0.15, 0.2) is 0 Å². The summed E-state index contributed by atoms with van der Waals surface area (Å²) in [6.07, 6.45) is 1.98. The first-order valence-corrected chi connectivity index (χ1v) is 6.45. The number of benzene rings is 1. The Kier molecular flexibility index (Phi) is 9.41. The summed E-state index contributed by atoms with van der Waals surface area (Å²) in [6, 6.07) is 7.59. The first-order valence-electron chi connectivity index (χ1n) is 6.45. The molecule has 6 heteroatoms. The smallest absolute Gasteiger partial charge is 0.221 e. The fourth-order valence-corrected chi connectivity index (χ4v) is 1.66. The standard InChI is InChI=1S/C14H21N3O2.ClH/c1-11(18)17-13-6-4-12(5-7-13)8-10-16-14(19)3-2-9-15;/h4-7H,2-3,8-10,15H2,1H3,(H,16,19)(H,17,18);1H. The fraction of sp³-hybridized carbons (Fsp3) is 0.429. The zero-order valence-electron chi connectivity index (χ0n) is 11.6. The van der Waals surface area contributed by atoms with Crippen molar-refractivity contribution >= 4 is 29.9 Å². The monoisotopic (exact) mass is 299 g/mol. The lowest BCUT2D eigenvalue weighted by molar-refractivity contribution is -0.121. The Labute approximate surface area is 125 Å². The molecule has 0 saturated heterocycles. The van der Waals surface area contributed by atoms with E-state index in [-0.39, 0.29) is 24.2 Å². The summed E-state index contributed by atoms with van der Waals surface area (Å²) in [5.74, 6) is -0.0415. The van der Waals surface area contributed by atoms with E-state index in [0.29, 0.717) is 19.5 Å². The first kappa shape index (κ1) is 18.4. The zero-order valence-corrected chi connectivity index (χ0v) is 12.5. The Bertz CT molecular complexity index is 421. The summed E-state index contributed by atoms with van der Waals surface area (Å²) < 4.78 is 0. The highest BCUT2D eigenvalue weighted by atomic mass is 35.5. The van der Waals surface area contributed by atoms with E-state index in [0.717, 1.165) is 24.1 Å². The molecule has 1 aromatic rings. The first-order chi connectivity index (χ1) is 9.11. The molecular formula is C14H22ClN3O2. The van der Waals surface area contributed by atoms with Crippen LogP contribution in [0.2, 0.25) is 0 Å². The summed E-state index contributed by atoms with van der Waals surface area (Å²) in [7, 11) is 0. The number of carbonyl (C=O) groups is 2. The summed E-state index contributed by atoms with van der Waals surface area (Å²) in [5, 5.41) is 5.56. The molecule has 1 rings (SSSR count). The number of hydrogen-bond acceptors (Lipinski definition) is 3. The second-order valence-electron chi connectivity index (χ2n) is 4.37. The number of amides is 2. The van der Waals surface area contributed by atoms with E-state index in [4.69, 9.17) is 5.73 Å². The molecule has 0 aliphatic heterocycles. The molecule has 0 saturated carbocycles. The van der Waals surface area contributed by atoms with Crippen LogP contribution in [-0.4, -0.2) is 24.9 Å². The van der Waals surface area contributed by atoms with Crippen LogP contribution < -0.4 is 16.4 Å². The molecule has 0 heterocycles. The van der Waals surface area contributed by atoms with Crippen molar-refractivity contribution in [2.24, 2.45) is 5.73 Å². The van der Waals surface area contributed by atoms with Crippen LogP contribution in [0, 0.1) is 0 Å². The summed E-state index contributed by atoms with van der Waals surface area (Å²) >= 11 is 0. The molecular weight excluding hydrogens is 278 g/mol. The van der Waals surface area contributed by atoms with Gasteiger partial charge in [0.2, 0.25) is 11.8 Å². The number of nitrogens with two attached hydrogens (primary N) is 1. The minimum atomic E-state index is -0.0834. The van der Waals surface area contributed by atoms with Gasteiger partial charge in [-0.1, -0.05) is 12.1 Å². The molecule has 0 aliphatic rings. The van der Waals surface area contributed by atoms with Crippen LogP contribution in [-0.2, 0) is 16.0 Å². The zero-order chi connectivity index (χ0) is 14.1. The maximum Gasteiger partial charge on any atom is 0.221 e. The van der Waals surface area contributed by atoms with Gasteiger partial charge in [-0.3, -0.25) is 9.59 Å². The molecule has 0 spiro atoms. The maximum atomic E-state index is 11.4. The van der Waals surface area contributed by atoms with Crippen LogP contribution >= 0.6 is 12.4 Å². The predicted octanol–water partition coefficient (Wildman–Crippen LogP) is 1.46. The number of carbonyl (C=O) groups excluding carboxylic acids is 2. The van der Waals surface area contributed by atoms with E-state index >= 15 is 0 Å². The molecule has 0 fully saturated rings. The summed E-state index contributed by atoms with van der Waals surface area (Å²) in [6.45, 7) is 2.63. The molecule has 5 nitrogen and oxygen atoms in total. The highest BCUT2D eigenvalue weighted by molar-refractivity contribution is 5.88. The molecule has 0 radical (unpaired) electrons. The third-order valence-corrected chi connectivity index (χ3v) is 2.62. The van der Waals surface area contributed by atoms with Crippen molar-refractivity contribution in [3.05, 3.63) is 29.8 Å². The number of anilines is 1. The van der Waals surface area contributed by atoms with Gasteiger partial charge in [0.05, 0.1) is 0 Å². The van der Waals surface area contributed by atoms with Crippen molar-refractivity contribution in [1.82, 2.24) is 5.32 Å². The molecule has 0 bridgehead atoms. The predicted molar refractivity (Wildman–Crippen MR) is 83.0 cm³/mol. The molecule has 20 heavy (non-hydrogen) atoms. The lowest BCUT2D eigenvalue weighted by atomic mass is 10.1. The summed E-state index contributed by atoms with van der Waals surface area (Å²) in [5.41, 5.74) is 7.23. The van der Waals surface area contributed by atoms with Gasteiger partial charge < -0.3 is 16.4 Å². The Hall–Kier alpha value is -1.59. The van der Waals surface area contributed by atoms with E-state index < -0.39 is 0 Å². The maximum absolute atomic E-state index is 11.4.